The number of pyridine rings is 1. The molecular weight excluding hydrogens is 465 g/mol. The van der Waals surface area contributed by atoms with Gasteiger partial charge in [0.1, 0.15) is 5.82 Å². The number of aryl methyl sites for hydroxylation is 2. The fourth-order valence-corrected chi connectivity index (χ4v) is 4.50. The van der Waals surface area contributed by atoms with E-state index < -0.39 is 0 Å². The van der Waals surface area contributed by atoms with Crippen LogP contribution < -0.4 is 20.3 Å². The number of nitrogens with one attached hydrogen (secondary N) is 2. The second-order valence-corrected chi connectivity index (χ2v) is 9.04. The summed E-state index contributed by atoms with van der Waals surface area (Å²) in [5.74, 6) is 1.05. The van der Waals surface area contributed by atoms with Gasteiger partial charge in [0.15, 0.2) is 16.6 Å². The van der Waals surface area contributed by atoms with E-state index in [1.807, 2.05) is 49.1 Å². The van der Waals surface area contributed by atoms with Crippen molar-refractivity contribution in [2.24, 2.45) is 0 Å². The number of hydrogen-bond donors (Lipinski definition) is 2. The lowest BCUT2D eigenvalue weighted by molar-refractivity contribution is 0.174. The highest BCUT2D eigenvalue weighted by molar-refractivity contribution is 7.80. The molecule has 0 atom stereocenters. The summed E-state index contributed by atoms with van der Waals surface area (Å²) in [6.07, 6.45) is 0. The van der Waals surface area contributed by atoms with Crippen LogP contribution in [0.1, 0.15) is 22.3 Å². The first kappa shape index (κ1) is 22.9. The lowest BCUT2D eigenvalue weighted by Gasteiger charge is -2.26. The number of aromatic nitrogens is 1. The zero-order valence-corrected chi connectivity index (χ0v) is 20.2. The number of thiocarbonyl (C=S) groups is 1. The third kappa shape index (κ3) is 4.97. The molecule has 35 heavy (non-hydrogen) atoms. The van der Waals surface area contributed by atoms with Crippen molar-refractivity contribution in [3.8, 4) is 11.5 Å². The van der Waals surface area contributed by atoms with Crippen molar-refractivity contribution < 1.29 is 13.9 Å². The summed E-state index contributed by atoms with van der Waals surface area (Å²) in [6, 6.07) is 17.7. The molecule has 0 fully saturated rings. The Balaban J connectivity index is 1.47. The van der Waals surface area contributed by atoms with Crippen molar-refractivity contribution >= 4 is 33.9 Å². The largest absolute Gasteiger partial charge is 0.454 e. The Kier molecular flexibility index (Phi) is 6.13. The third-order valence-electron chi connectivity index (χ3n) is 5.92. The first-order valence-corrected chi connectivity index (χ1v) is 11.6. The van der Waals surface area contributed by atoms with E-state index in [9.17, 15) is 9.18 Å². The van der Waals surface area contributed by atoms with Gasteiger partial charge >= 0.3 is 0 Å². The molecule has 8 heteroatoms. The molecule has 2 heterocycles. The molecule has 0 saturated heterocycles. The molecule has 4 aromatic rings. The van der Waals surface area contributed by atoms with Gasteiger partial charge in [0.05, 0.1) is 12.1 Å². The second-order valence-electron chi connectivity index (χ2n) is 8.65. The van der Waals surface area contributed by atoms with E-state index in [0.717, 1.165) is 27.6 Å². The normalized spacial score (nSPS) is 12.1. The number of fused-ring (bicyclic) bond motifs is 2. The van der Waals surface area contributed by atoms with Crippen LogP contribution >= 0.6 is 12.2 Å². The molecule has 2 N–H and O–H groups in total. The van der Waals surface area contributed by atoms with Crippen LogP contribution in [0.4, 0.5) is 10.1 Å². The number of halogens is 1. The molecule has 178 valence electrons. The molecule has 0 aliphatic carbocycles. The lowest BCUT2D eigenvalue weighted by atomic mass is 10.0. The molecule has 0 saturated carbocycles. The molecule has 1 aliphatic heterocycles. The standard InChI is InChI=1S/C27H24FN3O3S/c1-16-9-17(2)25-19(10-16)12-20(26(32)30-25)14-31(27(35)29-22-6-4-21(28)5-7-22)13-18-3-8-23-24(11-18)34-15-33-23/h3-12H,13-15H2,1-2H3,(H,29,35)(H,30,32). The van der Waals surface area contributed by atoms with Gasteiger partial charge in [0.2, 0.25) is 6.79 Å². The molecule has 0 radical (unpaired) electrons. The van der Waals surface area contributed by atoms with Gasteiger partial charge in [0, 0.05) is 17.8 Å². The fourth-order valence-electron chi connectivity index (χ4n) is 4.25. The molecule has 0 unspecified atom stereocenters. The molecule has 5 rings (SSSR count). The van der Waals surface area contributed by atoms with Gasteiger partial charge in [-0.3, -0.25) is 4.79 Å². The highest BCUT2D eigenvalue weighted by Crippen LogP contribution is 2.33. The van der Waals surface area contributed by atoms with Gasteiger partial charge in [-0.1, -0.05) is 17.7 Å². The van der Waals surface area contributed by atoms with Crippen LogP contribution in [0.25, 0.3) is 10.9 Å². The molecule has 6 nitrogen and oxygen atoms in total. The van der Waals surface area contributed by atoms with Crippen LogP contribution in [0.5, 0.6) is 11.5 Å². The first-order chi connectivity index (χ1) is 16.9. The summed E-state index contributed by atoms with van der Waals surface area (Å²) in [6.45, 7) is 4.91. The predicted octanol–water partition coefficient (Wildman–Crippen LogP) is 5.41. The smallest absolute Gasteiger partial charge is 0.253 e. The first-order valence-electron chi connectivity index (χ1n) is 11.2. The fraction of sp³-hybridized carbons (Fsp3) is 0.185. The van der Waals surface area contributed by atoms with Crippen LogP contribution in [0, 0.1) is 19.7 Å². The van der Waals surface area contributed by atoms with Crippen molar-refractivity contribution in [3.63, 3.8) is 0 Å². The summed E-state index contributed by atoms with van der Waals surface area (Å²) in [5, 5.41) is 4.54. The van der Waals surface area contributed by atoms with E-state index in [1.165, 1.54) is 12.1 Å². The van der Waals surface area contributed by atoms with Crippen LogP contribution in [0.2, 0.25) is 0 Å². The minimum absolute atomic E-state index is 0.162. The Labute approximate surface area is 207 Å². The van der Waals surface area contributed by atoms with Crippen molar-refractivity contribution in [3.05, 3.63) is 99.1 Å². The lowest BCUT2D eigenvalue weighted by Crippen LogP contribution is -2.35. The molecule has 0 bridgehead atoms. The third-order valence-corrected chi connectivity index (χ3v) is 6.28. The van der Waals surface area contributed by atoms with Gasteiger partial charge < -0.3 is 24.7 Å². The van der Waals surface area contributed by atoms with E-state index in [2.05, 4.69) is 16.4 Å². The SMILES string of the molecule is Cc1cc(C)c2[nH]c(=O)c(CN(Cc3ccc4c(c3)OCO4)C(=S)Nc3ccc(F)cc3)cc2c1. The number of ether oxygens (including phenoxy) is 2. The minimum atomic E-state index is -0.327. The number of rotatable bonds is 5. The van der Waals surface area contributed by atoms with Crippen LogP contribution in [0.15, 0.2) is 65.5 Å². The van der Waals surface area contributed by atoms with Crippen LogP contribution in [-0.2, 0) is 13.1 Å². The molecule has 1 aromatic heterocycles. The molecule has 0 amide bonds. The number of H-pyrrole nitrogens is 1. The molecule has 0 spiro atoms. The summed E-state index contributed by atoms with van der Waals surface area (Å²) >= 11 is 5.72. The Hall–Kier alpha value is -3.91. The molecule has 1 aliphatic rings. The number of aromatic amines is 1. The number of nitrogens with zero attached hydrogens (tertiary/aromatic N) is 1. The summed E-state index contributed by atoms with van der Waals surface area (Å²) < 4.78 is 24.3. The molecule has 3 aromatic carbocycles. The topological polar surface area (TPSA) is 66.6 Å². The number of anilines is 1. The van der Waals surface area contributed by atoms with Crippen molar-refractivity contribution in [1.29, 1.82) is 0 Å². The summed E-state index contributed by atoms with van der Waals surface area (Å²) in [5.41, 5.74) is 5.01. The highest BCUT2D eigenvalue weighted by Gasteiger charge is 2.18. The average Bonchev–Trinajstić information content (AvgIpc) is 3.29. The summed E-state index contributed by atoms with van der Waals surface area (Å²) in [4.78, 5) is 17.9. The number of benzene rings is 3. The maximum Gasteiger partial charge on any atom is 0.253 e. The van der Waals surface area contributed by atoms with E-state index in [1.54, 1.807) is 12.1 Å². The zero-order valence-electron chi connectivity index (χ0n) is 19.4. The highest BCUT2D eigenvalue weighted by atomic mass is 32.1. The van der Waals surface area contributed by atoms with E-state index in [-0.39, 0.29) is 24.7 Å². The van der Waals surface area contributed by atoms with Gasteiger partial charge in [-0.05, 0) is 91.1 Å². The van der Waals surface area contributed by atoms with Crippen molar-refractivity contribution in [2.75, 3.05) is 12.1 Å². The van der Waals surface area contributed by atoms with E-state index >= 15 is 0 Å². The Bertz CT molecular complexity index is 1480. The van der Waals surface area contributed by atoms with E-state index in [4.69, 9.17) is 21.7 Å². The Morgan fingerprint density at radius 1 is 1.03 bits per heavy atom. The quantitative estimate of drug-likeness (QED) is 0.366. The average molecular weight is 490 g/mol. The van der Waals surface area contributed by atoms with Crippen molar-refractivity contribution in [2.45, 2.75) is 26.9 Å². The van der Waals surface area contributed by atoms with Crippen LogP contribution in [0.3, 0.4) is 0 Å². The van der Waals surface area contributed by atoms with Gasteiger partial charge in [-0.15, -0.1) is 0 Å². The number of hydrogen-bond acceptors (Lipinski definition) is 4. The maximum absolute atomic E-state index is 13.4. The van der Waals surface area contributed by atoms with Crippen LogP contribution in [-0.4, -0.2) is 21.8 Å². The summed E-state index contributed by atoms with van der Waals surface area (Å²) in [7, 11) is 0. The Morgan fingerprint density at radius 3 is 2.60 bits per heavy atom. The van der Waals surface area contributed by atoms with Gasteiger partial charge in [0.25, 0.3) is 5.56 Å². The minimum Gasteiger partial charge on any atom is -0.454 e. The molecular formula is C27H24FN3O3S. The monoisotopic (exact) mass is 489 g/mol. The Morgan fingerprint density at radius 2 is 1.80 bits per heavy atom. The second kappa shape index (κ2) is 9.38. The van der Waals surface area contributed by atoms with Crippen molar-refractivity contribution in [1.82, 2.24) is 9.88 Å². The van der Waals surface area contributed by atoms with E-state index in [0.29, 0.717) is 34.4 Å². The van der Waals surface area contributed by atoms with Gasteiger partial charge in [-0.25, -0.2) is 4.39 Å². The maximum atomic E-state index is 13.4. The van der Waals surface area contributed by atoms with Gasteiger partial charge in [-0.2, -0.15) is 0 Å². The predicted molar refractivity (Wildman–Crippen MR) is 138 cm³/mol. The zero-order chi connectivity index (χ0) is 24.5.